The number of piperidine rings is 1. The Morgan fingerprint density at radius 3 is 2.60 bits per heavy atom. The van der Waals surface area contributed by atoms with Crippen molar-refractivity contribution in [3.8, 4) is 0 Å². The van der Waals surface area contributed by atoms with Gasteiger partial charge in [0.05, 0.1) is 17.9 Å². The number of ether oxygens (including phenoxy) is 1. The summed E-state index contributed by atoms with van der Waals surface area (Å²) in [5, 5.41) is 6.10. The molecule has 1 aromatic carbocycles. The van der Waals surface area contributed by atoms with E-state index in [0.717, 1.165) is 49.3 Å². The molecule has 1 aliphatic rings. The number of carbonyl (C=O) groups is 1. The van der Waals surface area contributed by atoms with Crippen LogP contribution in [0.2, 0.25) is 0 Å². The molecule has 162 valence electrons. The Bertz CT molecular complexity index is 796. The van der Waals surface area contributed by atoms with Crippen LogP contribution in [0.25, 0.3) is 0 Å². The Balaban J connectivity index is 1.37. The standard InChI is InChI=1S/C24H34N4O2/c1-24(2,3)30-18-20-8-6-7-19(15-20)16-26-23(29)27-21-10-13-28(14-11-21)17-22-9-4-5-12-25-22/h4-9,12,15,21H,10-11,13-14,16-18H2,1-3H3,(H2,26,27,29). The SMILES string of the molecule is CC(C)(C)OCc1cccc(CNC(=O)NC2CCN(Cc3ccccn3)CC2)c1. The van der Waals surface area contributed by atoms with Crippen LogP contribution < -0.4 is 10.6 Å². The summed E-state index contributed by atoms with van der Waals surface area (Å²) in [6.07, 6.45) is 3.75. The van der Waals surface area contributed by atoms with Gasteiger partial charge in [-0.3, -0.25) is 9.88 Å². The summed E-state index contributed by atoms with van der Waals surface area (Å²) in [6.45, 7) is 10.0. The fraction of sp³-hybridized carbons (Fsp3) is 0.500. The number of rotatable bonds is 7. The lowest BCUT2D eigenvalue weighted by Gasteiger charge is -2.32. The molecule has 0 saturated carbocycles. The summed E-state index contributed by atoms with van der Waals surface area (Å²) < 4.78 is 5.84. The van der Waals surface area contributed by atoms with Crippen LogP contribution in [0.3, 0.4) is 0 Å². The van der Waals surface area contributed by atoms with Crippen LogP contribution in [0.1, 0.15) is 50.4 Å². The van der Waals surface area contributed by atoms with Gasteiger partial charge in [0.15, 0.2) is 0 Å². The van der Waals surface area contributed by atoms with Crippen molar-refractivity contribution in [2.75, 3.05) is 13.1 Å². The van der Waals surface area contributed by atoms with Gasteiger partial charge in [0.25, 0.3) is 0 Å². The lowest BCUT2D eigenvalue weighted by atomic mass is 10.1. The topological polar surface area (TPSA) is 66.5 Å². The molecule has 1 fully saturated rings. The predicted molar refractivity (Wildman–Crippen MR) is 119 cm³/mol. The second-order valence-electron chi connectivity index (χ2n) is 8.92. The van der Waals surface area contributed by atoms with Crippen molar-refractivity contribution < 1.29 is 9.53 Å². The first-order valence-corrected chi connectivity index (χ1v) is 10.8. The molecule has 0 aliphatic carbocycles. The fourth-order valence-corrected chi connectivity index (χ4v) is 3.50. The molecule has 0 bridgehead atoms. The molecule has 1 saturated heterocycles. The van der Waals surface area contributed by atoms with E-state index in [0.29, 0.717) is 13.2 Å². The highest BCUT2D eigenvalue weighted by Gasteiger charge is 2.20. The first-order chi connectivity index (χ1) is 14.4. The van der Waals surface area contributed by atoms with Gasteiger partial charge in [-0.25, -0.2) is 4.79 Å². The highest BCUT2D eigenvalue weighted by molar-refractivity contribution is 5.74. The molecule has 2 aromatic rings. The number of aromatic nitrogens is 1. The quantitative estimate of drug-likeness (QED) is 0.727. The Morgan fingerprint density at radius 2 is 1.90 bits per heavy atom. The van der Waals surface area contributed by atoms with Crippen molar-refractivity contribution in [3.05, 3.63) is 65.5 Å². The number of urea groups is 1. The van der Waals surface area contributed by atoms with Gasteiger partial charge < -0.3 is 15.4 Å². The van der Waals surface area contributed by atoms with E-state index in [4.69, 9.17) is 4.74 Å². The third-order valence-corrected chi connectivity index (χ3v) is 5.15. The van der Waals surface area contributed by atoms with E-state index < -0.39 is 0 Å². The molecule has 0 atom stereocenters. The predicted octanol–water partition coefficient (Wildman–Crippen LogP) is 3.86. The molecule has 0 unspecified atom stereocenters. The van der Waals surface area contributed by atoms with E-state index in [2.05, 4.69) is 32.7 Å². The average Bonchev–Trinajstić information content (AvgIpc) is 2.73. The maximum Gasteiger partial charge on any atom is 0.315 e. The Hall–Kier alpha value is -2.44. The second-order valence-corrected chi connectivity index (χ2v) is 8.92. The maximum absolute atomic E-state index is 12.3. The highest BCUT2D eigenvalue weighted by atomic mass is 16.5. The molecule has 0 radical (unpaired) electrons. The normalized spacial score (nSPS) is 15.7. The lowest BCUT2D eigenvalue weighted by Crippen LogP contribution is -2.47. The summed E-state index contributed by atoms with van der Waals surface area (Å²) in [4.78, 5) is 19.1. The molecule has 3 rings (SSSR count). The van der Waals surface area contributed by atoms with Crippen LogP contribution in [0.5, 0.6) is 0 Å². The smallest absolute Gasteiger partial charge is 0.315 e. The molecule has 6 heteroatoms. The minimum Gasteiger partial charge on any atom is -0.371 e. The van der Waals surface area contributed by atoms with Crippen LogP contribution in [0.4, 0.5) is 4.79 Å². The van der Waals surface area contributed by atoms with Gasteiger partial charge in [-0.15, -0.1) is 0 Å². The minimum atomic E-state index is -0.165. The van der Waals surface area contributed by atoms with Gasteiger partial charge in [-0.2, -0.15) is 0 Å². The molecule has 1 aliphatic heterocycles. The van der Waals surface area contributed by atoms with E-state index in [1.54, 1.807) is 0 Å². The van der Waals surface area contributed by atoms with Crippen LogP contribution in [0, 0.1) is 0 Å². The Labute approximate surface area is 180 Å². The van der Waals surface area contributed by atoms with Crippen LogP contribution in [0.15, 0.2) is 48.7 Å². The number of nitrogens with zero attached hydrogens (tertiary/aromatic N) is 2. The number of pyridine rings is 1. The van der Waals surface area contributed by atoms with Crippen LogP contribution >= 0.6 is 0 Å². The van der Waals surface area contributed by atoms with Gasteiger partial charge in [-0.1, -0.05) is 30.3 Å². The number of hydrogen-bond donors (Lipinski definition) is 2. The number of hydrogen-bond acceptors (Lipinski definition) is 4. The van der Waals surface area contributed by atoms with E-state index in [9.17, 15) is 4.79 Å². The number of amides is 2. The first-order valence-electron chi connectivity index (χ1n) is 10.8. The van der Waals surface area contributed by atoms with Gasteiger partial charge in [0.2, 0.25) is 0 Å². The third-order valence-electron chi connectivity index (χ3n) is 5.15. The van der Waals surface area contributed by atoms with Crippen molar-refractivity contribution in [1.29, 1.82) is 0 Å². The van der Waals surface area contributed by atoms with Crippen molar-refractivity contribution >= 4 is 6.03 Å². The van der Waals surface area contributed by atoms with Crippen molar-refractivity contribution in [3.63, 3.8) is 0 Å². The Morgan fingerprint density at radius 1 is 1.13 bits per heavy atom. The van der Waals surface area contributed by atoms with Crippen molar-refractivity contribution in [2.45, 2.75) is 65.0 Å². The molecule has 2 N–H and O–H groups in total. The lowest BCUT2D eigenvalue weighted by molar-refractivity contribution is -0.0149. The molecule has 2 heterocycles. The zero-order valence-electron chi connectivity index (χ0n) is 18.4. The minimum absolute atomic E-state index is 0.102. The van der Waals surface area contributed by atoms with E-state index in [1.807, 2.05) is 57.3 Å². The molecular formula is C24H34N4O2. The fourth-order valence-electron chi connectivity index (χ4n) is 3.50. The first kappa shape index (κ1) is 22.2. The van der Waals surface area contributed by atoms with Crippen LogP contribution in [-0.2, 0) is 24.4 Å². The zero-order valence-corrected chi connectivity index (χ0v) is 18.4. The molecule has 2 amide bonds. The molecule has 6 nitrogen and oxygen atoms in total. The monoisotopic (exact) mass is 410 g/mol. The molecular weight excluding hydrogens is 376 g/mol. The van der Waals surface area contributed by atoms with Gasteiger partial charge in [0.1, 0.15) is 0 Å². The summed E-state index contributed by atoms with van der Waals surface area (Å²) in [7, 11) is 0. The summed E-state index contributed by atoms with van der Waals surface area (Å²) in [6, 6.07) is 14.3. The van der Waals surface area contributed by atoms with Crippen LogP contribution in [-0.4, -0.2) is 40.6 Å². The molecule has 30 heavy (non-hydrogen) atoms. The number of likely N-dealkylation sites (tertiary alicyclic amines) is 1. The number of carbonyl (C=O) groups excluding carboxylic acids is 1. The largest absolute Gasteiger partial charge is 0.371 e. The van der Waals surface area contributed by atoms with E-state index in [1.165, 1.54) is 0 Å². The number of nitrogens with one attached hydrogen (secondary N) is 2. The third kappa shape index (κ3) is 7.76. The second kappa shape index (κ2) is 10.5. The average molecular weight is 411 g/mol. The molecule has 0 spiro atoms. The zero-order chi connectivity index (χ0) is 21.4. The molecule has 1 aromatic heterocycles. The summed E-state index contributed by atoms with van der Waals surface area (Å²) in [5.41, 5.74) is 3.12. The van der Waals surface area contributed by atoms with Crippen molar-refractivity contribution in [2.24, 2.45) is 0 Å². The number of benzene rings is 1. The van der Waals surface area contributed by atoms with Gasteiger partial charge >= 0.3 is 6.03 Å². The van der Waals surface area contributed by atoms with Gasteiger partial charge in [-0.05, 0) is 56.9 Å². The van der Waals surface area contributed by atoms with E-state index in [-0.39, 0.29) is 17.7 Å². The Kier molecular flexibility index (Phi) is 7.82. The van der Waals surface area contributed by atoms with Crippen molar-refractivity contribution in [1.82, 2.24) is 20.5 Å². The summed E-state index contributed by atoms with van der Waals surface area (Å²) in [5.74, 6) is 0. The maximum atomic E-state index is 12.3. The highest BCUT2D eigenvalue weighted by Crippen LogP contribution is 2.14. The van der Waals surface area contributed by atoms with Gasteiger partial charge in [0, 0.05) is 38.4 Å². The van der Waals surface area contributed by atoms with E-state index >= 15 is 0 Å². The summed E-state index contributed by atoms with van der Waals surface area (Å²) >= 11 is 0.